The van der Waals surface area contributed by atoms with Gasteiger partial charge in [0.1, 0.15) is 0 Å². The van der Waals surface area contributed by atoms with Crippen molar-refractivity contribution in [2.75, 3.05) is 0 Å². The van der Waals surface area contributed by atoms with Crippen molar-refractivity contribution < 1.29 is 0 Å². The summed E-state index contributed by atoms with van der Waals surface area (Å²) in [6.07, 6.45) is 1.49. The maximum absolute atomic E-state index is 11.2. The molecule has 0 fully saturated rings. The van der Waals surface area contributed by atoms with Crippen molar-refractivity contribution in [3.8, 4) is 0 Å². The molecule has 1 N–H and O–H groups in total. The summed E-state index contributed by atoms with van der Waals surface area (Å²) in [6.45, 7) is 0. The van der Waals surface area contributed by atoms with E-state index in [2.05, 4.69) is 20.1 Å². The van der Waals surface area contributed by atoms with Crippen molar-refractivity contribution in [2.45, 2.75) is 0 Å². The fourth-order valence-electron chi connectivity index (χ4n) is 1.00. The van der Waals surface area contributed by atoms with Gasteiger partial charge >= 0.3 is 0 Å². The Bertz CT molecular complexity index is 519. The van der Waals surface area contributed by atoms with E-state index in [1.807, 2.05) is 0 Å². The third kappa shape index (κ3) is 1.18. The molecule has 0 aromatic carbocycles. The van der Waals surface area contributed by atoms with E-state index >= 15 is 0 Å². The molecule has 0 unspecified atom stereocenters. The summed E-state index contributed by atoms with van der Waals surface area (Å²) in [6, 6.07) is 3.19. The van der Waals surface area contributed by atoms with E-state index in [1.54, 1.807) is 12.1 Å². The Labute approximate surface area is 71.6 Å². The summed E-state index contributed by atoms with van der Waals surface area (Å²) in [5.74, 6) is -0.254. The normalized spacial score (nSPS) is 10.2. The Balaban J connectivity index is 2.92. The Kier molecular flexibility index (Phi) is 1.59. The third-order valence-electron chi connectivity index (χ3n) is 1.55. The van der Waals surface area contributed by atoms with E-state index in [4.69, 9.17) is 0 Å². The molecule has 0 spiro atoms. The summed E-state index contributed by atoms with van der Waals surface area (Å²) >= 11 is 0. The molecule has 64 valence electrons. The Morgan fingerprint density at radius 2 is 2.31 bits per heavy atom. The summed E-state index contributed by atoms with van der Waals surface area (Å²) < 4.78 is 0. The van der Waals surface area contributed by atoms with Gasteiger partial charge in [-0.2, -0.15) is 4.98 Å². The van der Waals surface area contributed by atoms with Crippen LogP contribution in [0.4, 0.5) is 5.95 Å². The summed E-state index contributed by atoms with van der Waals surface area (Å²) in [7, 11) is 0. The smallest absolute Gasteiger partial charge is 0.273 e. The van der Waals surface area contributed by atoms with Crippen LogP contribution in [0.3, 0.4) is 0 Å². The number of nitrogens with one attached hydrogen (secondary N) is 1. The molecule has 0 aliphatic heterocycles. The zero-order valence-corrected chi connectivity index (χ0v) is 6.39. The first-order valence-electron chi connectivity index (χ1n) is 3.49. The van der Waals surface area contributed by atoms with Crippen molar-refractivity contribution in [1.82, 2.24) is 15.0 Å². The molecular formula is C7H4N4O2. The van der Waals surface area contributed by atoms with Gasteiger partial charge in [0.25, 0.3) is 11.5 Å². The predicted molar refractivity (Wildman–Crippen MR) is 45.6 cm³/mol. The van der Waals surface area contributed by atoms with Crippen LogP contribution < -0.4 is 5.56 Å². The molecule has 0 radical (unpaired) electrons. The highest BCUT2D eigenvalue weighted by molar-refractivity contribution is 5.73. The minimum atomic E-state index is -0.410. The first-order chi connectivity index (χ1) is 6.31. The lowest BCUT2D eigenvalue weighted by molar-refractivity contribution is 1.11. The van der Waals surface area contributed by atoms with Gasteiger partial charge in [0, 0.05) is 11.4 Å². The number of rotatable bonds is 1. The van der Waals surface area contributed by atoms with E-state index in [9.17, 15) is 9.70 Å². The zero-order chi connectivity index (χ0) is 9.26. The number of H-pyrrole nitrogens is 1. The van der Waals surface area contributed by atoms with Crippen LogP contribution in [0.1, 0.15) is 0 Å². The van der Waals surface area contributed by atoms with Gasteiger partial charge < -0.3 is 0 Å². The van der Waals surface area contributed by atoms with Gasteiger partial charge in [-0.15, -0.1) is 4.91 Å². The van der Waals surface area contributed by atoms with Crippen molar-refractivity contribution in [2.24, 2.45) is 5.18 Å². The highest BCUT2D eigenvalue weighted by Crippen LogP contribution is 2.05. The maximum atomic E-state index is 11.2. The summed E-state index contributed by atoms with van der Waals surface area (Å²) in [5.41, 5.74) is -0.187. The topological polar surface area (TPSA) is 88.1 Å². The number of pyridine rings is 1. The van der Waals surface area contributed by atoms with Gasteiger partial charge in [0.05, 0.1) is 5.39 Å². The second-order valence-corrected chi connectivity index (χ2v) is 2.36. The molecular weight excluding hydrogens is 172 g/mol. The van der Waals surface area contributed by atoms with Crippen molar-refractivity contribution in [1.29, 1.82) is 0 Å². The molecule has 13 heavy (non-hydrogen) atoms. The van der Waals surface area contributed by atoms with Gasteiger partial charge in [-0.1, -0.05) is 0 Å². The molecule has 0 atom stereocenters. The molecule has 2 aromatic heterocycles. The second-order valence-electron chi connectivity index (χ2n) is 2.36. The van der Waals surface area contributed by atoms with Crippen LogP contribution in [0, 0.1) is 4.91 Å². The van der Waals surface area contributed by atoms with Crippen molar-refractivity contribution in [3.05, 3.63) is 33.6 Å². The lowest BCUT2D eigenvalue weighted by Gasteiger charge is -1.93. The molecule has 2 heterocycles. The van der Waals surface area contributed by atoms with Crippen LogP contribution in [0.5, 0.6) is 0 Å². The highest BCUT2D eigenvalue weighted by atomic mass is 16.3. The number of hydrogen-bond acceptors (Lipinski definition) is 5. The molecule has 2 rings (SSSR count). The van der Waals surface area contributed by atoms with Gasteiger partial charge in [-0.05, 0) is 12.1 Å². The largest absolute Gasteiger partial charge is 0.287 e. The van der Waals surface area contributed by atoms with Crippen molar-refractivity contribution >= 4 is 17.0 Å². The fourth-order valence-corrected chi connectivity index (χ4v) is 1.00. The maximum Gasteiger partial charge on any atom is 0.273 e. The Hall–Kier alpha value is -2.11. The molecule has 0 aliphatic rings. The standard InChI is InChI=1S/C7H4N4O2/c12-6-4-2-1-3-8-5(4)9-7(10-6)11-13/h1-3H,(H,8,9,10,12). The lowest BCUT2D eigenvalue weighted by atomic mass is 10.3. The molecule has 6 nitrogen and oxygen atoms in total. The van der Waals surface area contributed by atoms with E-state index < -0.39 is 5.56 Å². The van der Waals surface area contributed by atoms with Crippen LogP contribution in [0.15, 0.2) is 28.3 Å². The quantitative estimate of drug-likeness (QED) is 0.648. The Morgan fingerprint density at radius 1 is 1.46 bits per heavy atom. The average Bonchev–Trinajstić information content (AvgIpc) is 2.18. The molecule has 6 heteroatoms. The Morgan fingerprint density at radius 3 is 3.08 bits per heavy atom. The van der Waals surface area contributed by atoms with Crippen LogP contribution in [0.25, 0.3) is 11.0 Å². The highest BCUT2D eigenvalue weighted by Gasteiger charge is 2.02. The van der Waals surface area contributed by atoms with Crippen LogP contribution in [-0.2, 0) is 0 Å². The monoisotopic (exact) mass is 176 g/mol. The minimum Gasteiger partial charge on any atom is -0.287 e. The number of hydrogen-bond donors (Lipinski definition) is 1. The van der Waals surface area contributed by atoms with E-state index in [0.717, 1.165) is 0 Å². The number of aromatic nitrogens is 3. The van der Waals surface area contributed by atoms with Crippen LogP contribution in [0.2, 0.25) is 0 Å². The van der Waals surface area contributed by atoms with Gasteiger partial charge in [0.2, 0.25) is 0 Å². The number of nitroso groups, excluding NO2 is 1. The number of nitrogens with zero attached hydrogens (tertiary/aromatic N) is 3. The summed E-state index contributed by atoms with van der Waals surface area (Å²) in [4.78, 5) is 31.1. The second kappa shape index (κ2) is 2.74. The molecule has 0 saturated carbocycles. The number of aromatic amines is 1. The molecule has 2 aromatic rings. The first kappa shape index (κ1) is 7.53. The van der Waals surface area contributed by atoms with Gasteiger partial charge in [-0.25, -0.2) is 4.98 Å². The molecule has 0 saturated heterocycles. The fraction of sp³-hybridized carbons (Fsp3) is 0. The first-order valence-corrected chi connectivity index (χ1v) is 3.49. The molecule has 0 amide bonds. The van der Waals surface area contributed by atoms with E-state index in [1.165, 1.54) is 6.20 Å². The van der Waals surface area contributed by atoms with Crippen LogP contribution in [-0.4, -0.2) is 15.0 Å². The molecule has 0 aliphatic carbocycles. The molecule has 0 bridgehead atoms. The van der Waals surface area contributed by atoms with E-state index in [0.29, 0.717) is 5.39 Å². The van der Waals surface area contributed by atoms with Crippen LogP contribution >= 0.6 is 0 Å². The average molecular weight is 176 g/mol. The third-order valence-corrected chi connectivity index (χ3v) is 1.55. The number of fused-ring (bicyclic) bond motifs is 1. The SMILES string of the molecule is O=Nc1nc2ncccc2c(=O)[nH]1. The van der Waals surface area contributed by atoms with Gasteiger partial charge in [-0.3, -0.25) is 9.78 Å². The zero-order valence-electron chi connectivity index (χ0n) is 6.39. The van der Waals surface area contributed by atoms with Gasteiger partial charge in [0.15, 0.2) is 5.65 Å². The predicted octanol–water partition coefficient (Wildman–Crippen LogP) is 0.716. The summed E-state index contributed by atoms with van der Waals surface area (Å²) in [5, 5.41) is 2.87. The van der Waals surface area contributed by atoms with E-state index in [-0.39, 0.29) is 11.6 Å². The lowest BCUT2D eigenvalue weighted by Crippen LogP contribution is -2.07. The van der Waals surface area contributed by atoms with Crippen molar-refractivity contribution in [3.63, 3.8) is 0 Å². The minimum absolute atomic E-state index is 0.223.